The molecule has 2 aliphatic heterocycles. The Kier molecular flexibility index (Phi) is 7.78. The van der Waals surface area contributed by atoms with E-state index in [-0.39, 0.29) is 37.0 Å². The van der Waals surface area contributed by atoms with Gasteiger partial charge < -0.3 is 29.3 Å². The lowest BCUT2D eigenvalue weighted by Gasteiger charge is -2.36. The maximum absolute atomic E-state index is 12.5. The van der Waals surface area contributed by atoms with E-state index in [2.05, 4.69) is 12.2 Å². The molecule has 0 bridgehead atoms. The van der Waals surface area contributed by atoms with Crippen molar-refractivity contribution in [2.24, 2.45) is 0 Å². The third-order valence-corrected chi connectivity index (χ3v) is 5.45. The normalized spacial score (nSPS) is 22.8. The fourth-order valence-corrected chi connectivity index (χ4v) is 3.82. The van der Waals surface area contributed by atoms with Crippen molar-refractivity contribution in [3.05, 3.63) is 35.9 Å². The van der Waals surface area contributed by atoms with Crippen LogP contribution >= 0.6 is 0 Å². The van der Waals surface area contributed by atoms with Crippen LogP contribution in [0.5, 0.6) is 0 Å². The number of nitrogens with zero attached hydrogens (tertiary/aromatic N) is 2. The first-order chi connectivity index (χ1) is 14.7. The van der Waals surface area contributed by atoms with Gasteiger partial charge >= 0.3 is 12.2 Å². The highest BCUT2D eigenvalue weighted by Gasteiger charge is 2.34. The second-order valence-electron chi connectivity index (χ2n) is 9.26. The van der Waals surface area contributed by atoms with Crippen molar-refractivity contribution in [1.29, 1.82) is 0 Å². The van der Waals surface area contributed by atoms with E-state index in [9.17, 15) is 9.59 Å². The summed E-state index contributed by atoms with van der Waals surface area (Å²) in [6.45, 7) is 10.7. The Labute approximate surface area is 184 Å². The Balaban J connectivity index is 1.43. The molecule has 2 amide bonds. The second kappa shape index (κ2) is 10.3. The van der Waals surface area contributed by atoms with Gasteiger partial charge in [-0.2, -0.15) is 0 Å². The first-order valence-corrected chi connectivity index (χ1v) is 11.0. The Morgan fingerprint density at radius 1 is 1.13 bits per heavy atom. The smallest absolute Gasteiger partial charge is 0.410 e. The van der Waals surface area contributed by atoms with Crippen LogP contribution in [0.15, 0.2) is 30.3 Å². The van der Waals surface area contributed by atoms with Gasteiger partial charge in [0.2, 0.25) is 0 Å². The molecule has 0 radical (unpaired) electrons. The summed E-state index contributed by atoms with van der Waals surface area (Å²) in [6, 6.07) is 9.86. The van der Waals surface area contributed by atoms with E-state index in [1.807, 2.05) is 51.1 Å². The van der Waals surface area contributed by atoms with Crippen molar-refractivity contribution in [3.8, 4) is 0 Å². The van der Waals surface area contributed by atoms with E-state index in [4.69, 9.17) is 14.2 Å². The third kappa shape index (κ3) is 7.11. The van der Waals surface area contributed by atoms with Gasteiger partial charge in [-0.15, -0.1) is 0 Å². The fourth-order valence-electron chi connectivity index (χ4n) is 3.82. The largest absolute Gasteiger partial charge is 0.445 e. The quantitative estimate of drug-likeness (QED) is 0.769. The van der Waals surface area contributed by atoms with Gasteiger partial charge in [0.1, 0.15) is 12.2 Å². The van der Waals surface area contributed by atoms with Gasteiger partial charge in [0.05, 0.1) is 19.3 Å². The van der Waals surface area contributed by atoms with Crippen LogP contribution in [0.4, 0.5) is 9.59 Å². The zero-order valence-corrected chi connectivity index (χ0v) is 19.0. The number of ether oxygens (including phenoxy) is 3. The average molecular weight is 434 g/mol. The van der Waals surface area contributed by atoms with Crippen LogP contribution in [0.25, 0.3) is 0 Å². The van der Waals surface area contributed by atoms with Crippen molar-refractivity contribution >= 4 is 12.2 Å². The summed E-state index contributed by atoms with van der Waals surface area (Å²) in [5.74, 6) is 0. The molecule has 2 heterocycles. The molecule has 8 nitrogen and oxygen atoms in total. The molecule has 1 aromatic rings. The number of carbonyl (C=O) groups excluding carboxylic acids is 2. The summed E-state index contributed by atoms with van der Waals surface area (Å²) in [7, 11) is 0. The molecule has 3 rings (SSSR count). The zero-order chi connectivity index (χ0) is 22.4. The van der Waals surface area contributed by atoms with E-state index in [1.165, 1.54) is 0 Å². The molecule has 0 saturated carbocycles. The van der Waals surface area contributed by atoms with Crippen LogP contribution in [0.1, 0.15) is 39.7 Å². The number of rotatable bonds is 5. The number of nitrogens with one attached hydrogen (secondary N) is 1. The lowest BCUT2D eigenvalue weighted by Crippen LogP contribution is -2.54. The van der Waals surface area contributed by atoms with Crippen molar-refractivity contribution in [1.82, 2.24) is 15.1 Å². The number of morpholine rings is 1. The number of hydrogen-bond donors (Lipinski definition) is 1. The van der Waals surface area contributed by atoms with Gasteiger partial charge in [0.25, 0.3) is 0 Å². The predicted octanol–water partition coefficient (Wildman–Crippen LogP) is 3.01. The summed E-state index contributed by atoms with van der Waals surface area (Å²) < 4.78 is 16.8. The van der Waals surface area contributed by atoms with Crippen LogP contribution in [0.3, 0.4) is 0 Å². The minimum Gasteiger partial charge on any atom is -0.445 e. The third-order valence-electron chi connectivity index (χ3n) is 5.45. The van der Waals surface area contributed by atoms with E-state index in [0.717, 1.165) is 12.0 Å². The zero-order valence-electron chi connectivity index (χ0n) is 19.0. The minimum atomic E-state index is -0.496. The van der Waals surface area contributed by atoms with Gasteiger partial charge in [0.15, 0.2) is 0 Å². The lowest BCUT2D eigenvalue weighted by molar-refractivity contribution is -0.0431. The minimum absolute atomic E-state index is 0.0355. The van der Waals surface area contributed by atoms with Gasteiger partial charge in [-0.25, -0.2) is 9.59 Å². The van der Waals surface area contributed by atoms with Crippen molar-refractivity contribution in [3.63, 3.8) is 0 Å². The fraction of sp³-hybridized carbons (Fsp3) is 0.652. The van der Waals surface area contributed by atoms with Crippen LogP contribution in [-0.2, 0) is 20.8 Å². The van der Waals surface area contributed by atoms with Gasteiger partial charge in [-0.1, -0.05) is 30.3 Å². The first-order valence-electron chi connectivity index (χ1n) is 11.0. The topological polar surface area (TPSA) is 80.3 Å². The van der Waals surface area contributed by atoms with Crippen LogP contribution < -0.4 is 5.32 Å². The summed E-state index contributed by atoms with van der Waals surface area (Å²) >= 11 is 0. The SMILES string of the molecule is C[C@H](N[C@@H]1CCN(C(=O)OC(C)(C)C)C1)[C@@H]1CN(C(=O)OCc2ccccc2)CCO1. The molecule has 8 heteroatoms. The number of carbonyl (C=O) groups is 2. The monoisotopic (exact) mass is 433 g/mol. The van der Waals surface area contributed by atoms with Crippen molar-refractivity contribution in [2.45, 2.75) is 64.5 Å². The van der Waals surface area contributed by atoms with E-state index < -0.39 is 5.60 Å². The standard InChI is InChI=1S/C23H35N3O5/c1-17(24-19-10-11-25(14-19)22(28)31-23(2,3)4)20-15-26(12-13-29-20)21(27)30-16-18-8-6-5-7-9-18/h5-9,17,19-20,24H,10-16H2,1-4H3/t17-,19+,20-/m0/s1. The Morgan fingerprint density at radius 3 is 2.55 bits per heavy atom. The van der Waals surface area contributed by atoms with Crippen LogP contribution in [-0.4, -0.2) is 78.6 Å². The number of amides is 2. The summed E-state index contributed by atoms with van der Waals surface area (Å²) in [5.41, 5.74) is 0.469. The molecule has 0 aliphatic carbocycles. The molecule has 1 N–H and O–H groups in total. The van der Waals surface area contributed by atoms with E-state index in [1.54, 1.807) is 9.80 Å². The summed E-state index contributed by atoms with van der Waals surface area (Å²) in [6.07, 6.45) is 0.139. The van der Waals surface area contributed by atoms with E-state index in [0.29, 0.717) is 32.8 Å². The Bertz CT molecular complexity index is 736. The summed E-state index contributed by atoms with van der Waals surface area (Å²) in [5, 5.41) is 3.56. The lowest BCUT2D eigenvalue weighted by atomic mass is 10.1. The molecular weight excluding hydrogens is 398 g/mol. The van der Waals surface area contributed by atoms with Gasteiger partial charge in [-0.3, -0.25) is 0 Å². The highest BCUT2D eigenvalue weighted by atomic mass is 16.6. The molecular formula is C23H35N3O5. The molecule has 2 fully saturated rings. The van der Waals surface area contributed by atoms with Crippen molar-refractivity contribution < 1.29 is 23.8 Å². The van der Waals surface area contributed by atoms with Crippen LogP contribution in [0.2, 0.25) is 0 Å². The highest BCUT2D eigenvalue weighted by molar-refractivity contribution is 5.68. The second-order valence-corrected chi connectivity index (χ2v) is 9.26. The first kappa shape index (κ1) is 23.3. The molecule has 0 unspecified atom stereocenters. The molecule has 0 spiro atoms. The molecule has 31 heavy (non-hydrogen) atoms. The predicted molar refractivity (Wildman–Crippen MR) is 117 cm³/mol. The van der Waals surface area contributed by atoms with E-state index >= 15 is 0 Å². The number of likely N-dealkylation sites (tertiary alicyclic amines) is 1. The highest BCUT2D eigenvalue weighted by Crippen LogP contribution is 2.17. The van der Waals surface area contributed by atoms with Crippen LogP contribution in [0, 0.1) is 0 Å². The molecule has 1 aromatic carbocycles. The molecule has 2 aliphatic rings. The average Bonchev–Trinajstić information content (AvgIpc) is 3.20. The van der Waals surface area contributed by atoms with Gasteiger partial charge in [-0.05, 0) is 39.7 Å². The van der Waals surface area contributed by atoms with Crippen molar-refractivity contribution in [2.75, 3.05) is 32.8 Å². The molecule has 2 saturated heterocycles. The number of hydrogen-bond acceptors (Lipinski definition) is 6. The molecule has 0 aromatic heterocycles. The number of benzene rings is 1. The van der Waals surface area contributed by atoms with Gasteiger partial charge in [0, 0.05) is 31.7 Å². The maximum Gasteiger partial charge on any atom is 0.410 e. The maximum atomic E-state index is 12.5. The molecule has 3 atom stereocenters. The Hall–Kier alpha value is -2.32. The summed E-state index contributed by atoms with van der Waals surface area (Å²) in [4.78, 5) is 28.2. The molecule has 172 valence electrons. The Morgan fingerprint density at radius 2 is 1.84 bits per heavy atom.